The molecule has 1 aliphatic heterocycles. The van der Waals surface area contributed by atoms with Crippen molar-refractivity contribution >= 4 is 17.4 Å². The molecule has 1 heterocycles. The molecule has 0 aliphatic carbocycles. The van der Waals surface area contributed by atoms with E-state index in [2.05, 4.69) is 0 Å². The Hall–Kier alpha value is -2.11. The summed E-state index contributed by atoms with van der Waals surface area (Å²) in [5.74, 6) is -1.30. The van der Waals surface area contributed by atoms with Gasteiger partial charge in [0, 0.05) is 6.08 Å². The number of rotatable bonds is 1. The topological polar surface area (TPSA) is 46.2 Å². The molecule has 0 spiro atoms. The number of hydrogen-bond donors (Lipinski definition) is 1. The first kappa shape index (κ1) is 12.3. The summed E-state index contributed by atoms with van der Waals surface area (Å²) in [7, 11) is 0. The molecular weight excluding hydrogens is 247 g/mol. The molecular formula is C12H8F3NO2. The highest BCUT2D eigenvalue weighted by molar-refractivity contribution is 6.33. The average molecular weight is 255 g/mol. The third-order valence-corrected chi connectivity index (χ3v) is 2.61. The van der Waals surface area contributed by atoms with Crippen LogP contribution in [0.4, 0.5) is 13.2 Å². The third-order valence-electron chi connectivity index (χ3n) is 2.61. The molecule has 18 heavy (non-hydrogen) atoms. The second-order valence-electron chi connectivity index (χ2n) is 3.90. The summed E-state index contributed by atoms with van der Waals surface area (Å²) in [4.78, 5) is 22.3. The molecule has 6 heteroatoms. The molecule has 1 aromatic rings. The Kier molecular flexibility index (Phi) is 2.73. The quantitative estimate of drug-likeness (QED) is 0.781. The van der Waals surface area contributed by atoms with E-state index in [1.54, 1.807) is 0 Å². The van der Waals surface area contributed by atoms with Gasteiger partial charge in [0.1, 0.15) is 0 Å². The fourth-order valence-electron chi connectivity index (χ4n) is 1.72. The summed E-state index contributed by atoms with van der Waals surface area (Å²) in [6.07, 6.45) is -3.49. The summed E-state index contributed by atoms with van der Waals surface area (Å²) < 4.78 is 38.1. The van der Waals surface area contributed by atoms with Crippen LogP contribution in [0.25, 0.3) is 5.57 Å². The van der Waals surface area contributed by atoms with Gasteiger partial charge in [0.2, 0.25) is 0 Å². The highest BCUT2D eigenvalue weighted by Crippen LogP contribution is 2.34. The maximum atomic E-state index is 12.7. The van der Waals surface area contributed by atoms with Crippen molar-refractivity contribution in [2.45, 2.75) is 13.1 Å². The van der Waals surface area contributed by atoms with E-state index < -0.39 is 23.6 Å². The second kappa shape index (κ2) is 3.97. The van der Waals surface area contributed by atoms with Gasteiger partial charge in [-0.2, -0.15) is 13.2 Å². The second-order valence-corrected chi connectivity index (χ2v) is 3.90. The molecule has 0 fully saturated rings. The average Bonchev–Trinajstić information content (AvgIpc) is 2.57. The van der Waals surface area contributed by atoms with E-state index in [4.69, 9.17) is 0 Å². The number of amides is 2. The summed E-state index contributed by atoms with van der Waals surface area (Å²) in [6.45, 7) is 1.33. The van der Waals surface area contributed by atoms with E-state index in [1.807, 2.05) is 5.32 Å². The number of nitrogens with one attached hydrogen (secondary N) is 1. The minimum Gasteiger partial charge on any atom is -0.289 e. The van der Waals surface area contributed by atoms with Crippen LogP contribution in [0, 0.1) is 6.92 Å². The van der Waals surface area contributed by atoms with Gasteiger partial charge in [-0.1, -0.05) is 12.1 Å². The van der Waals surface area contributed by atoms with Crippen molar-refractivity contribution in [3.8, 4) is 0 Å². The van der Waals surface area contributed by atoms with E-state index in [0.717, 1.165) is 12.1 Å². The Labute approximate surface area is 100 Å². The van der Waals surface area contributed by atoms with Crippen molar-refractivity contribution in [2.75, 3.05) is 0 Å². The van der Waals surface area contributed by atoms with E-state index in [-0.39, 0.29) is 16.7 Å². The van der Waals surface area contributed by atoms with Crippen molar-refractivity contribution < 1.29 is 22.8 Å². The Morgan fingerprint density at radius 1 is 1.17 bits per heavy atom. The van der Waals surface area contributed by atoms with Crippen LogP contribution in [0.2, 0.25) is 0 Å². The Morgan fingerprint density at radius 2 is 1.83 bits per heavy atom. The minimum atomic E-state index is -4.49. The molecule has 0 radical (unpaired) electrons. The van der Waals surface area contributed by atoms with Crippen LogP contribution in [0.3, 0.4) is 0 Å². The summed E-state index contributed by atoms with van der Waals surface area (Å²) >= 11 is 0. The van der Waals surface area contributed by atoms with Crippen molar-refractivity contribution in [3.63, 3.8) is 0 Å². The van der Waals surface area contributed by atoms with Gasteiger partial charge < -0.3 is 0 Å². The standard InChI is InChI=1S/C12H8F3NO2/c1-6-2-3-7(4-9(6)12(13,14)15)8-5-10(17)16-11(8)18/h2-5H,1H3,(H,16,17,18). The Balaban J connectivity index is 2.52. The van der Waals surface area contributed by atoms with Crippen LogP contribution in [0.5, 0.6) is 0 Å². The minimum absolute atomic E-state index is 0.0505. The summed E-state index contributed by atoms with van der Waals surface area (Å²) in [5.41, 5.74) is -0.716. The number of carbonyl (C=O) groups excluding carboxylic acids is 2. The molecule has 0 saturated heterocycles. The molecule has 94 valence electrons. The number of alkyl halides is 3. The molecule has 0 saturated carbocycles. The number of imide groups is 1. The van der Waals surface area contributed by atoms with Crippen molar-refractivity contribution in [1.29, 1.82) is 0 Å². The highest BCUT2D eigenvalue weighted by atomic mass is 19.4. The predicted octanol–water partition coefficient (Wildman–Crippen LogP) is 2.05. The zero-order chi connectivity index (χ0) is 13.5. The molecule has 1 aliphatic rings. The molecule has 0 atom stereocenters. The van der Waals surface area contributed by atoms with Crippen LogP contribution in [0.15, 0.2) is 24.3 Å². The van der Waals surface area contributed by atoms with Crippen LogP contribution in [-0.4, -0.2) is 11.8 Å². The van der Waals surface area contributed by atoms with E-state index in [9.17, 15) is 22.8 Å². The largest absolute Gasteiger partial charge is 0.416 e. The zero-order valence-corrected chi connectivity index (χ0v) is 9.26. The SMILES string of the molecule is Cc1ccc(C2=CC(=O)NC2=O)cc1C(F)(F)F. The molecule has 1 aromatic carbocycles. The first-order valence-electron chi connectivity index (χ1n) is 5.04. The highest BCUT2D eigenvalue weighted by Gasteiger charge is 2.33. The smallest absolute Gasteiger partial charge is 0.289 e. The van der Waals surface area contributed by atoms with Crippen LogP contribution in [0.1, 0.15) is 16.7 Å². The van der Waals surface area contributed by atoms with Gasteiger partial charge in [-0.05, 0) is 24.1 Å². The van der Waals surface area contributed by atoms with E-state index in [0.29, 0.717) is 0 Å². The lowest BCUT2D eigenvalue weighted by atomic mass is 9.99. The number of benzene rings is 1. The van der Waals surface area contributed by atoms with E-state index >= 15 is 0 Å². The number of carbonyl (C=O) groups is 2. The fraction of sp³-hybridized carbons (Fsp3) is 0.167. The maximum Gasteiger partial charge on any atom is 0.416 e. The lowest BCUT2D eigenvalue weighted by Gasteiger charge is -2.11. The molecule has 0 bridgehead atoms. The lowest BCUT2D eigenvalue weighted by Crippen LogP contribution is -2.21. The number of hydrogen-bond acceptors (Lipinski definition) is 2. The van der Waals surface area contributed by atoms with Gasteiger partial charge in [0.15, 0.2) is 0 Å². The van der Waals surface area contributed by atoms with Crippen molar-refractivity contribution in [1.82, 2.24) is 5.32 Å². The first-order valence-corrected chi connectivity index (χ1v) is 5.04. The molecule has 3 nitrogen and oxygen atoms in total. The van der Waals surface area contributed by atoms with Gasteiger partial charge in [-0.15, -0.1) is 0 Å². The molecule has 0 aromatic heterocycles. The third kappa shape index (κ3) is 2.13. The maximum absolute atomic E-state index is 12.7. The molecule has 0 unspecified atom stereocenters. The van der Waals surface area contributed by atoms with Crippen LogP contribution >= 0.6 is 0 Å². The molecule has 1 N–H and O–H groups in total. The first-order chi connectivity index (χ1) is 8.29. The van der Waals surface area contributed by atoms with Crippen LogP contribution in [-0.2, 0) is 15.8 Å². The van der Waals surface area contributed by atoms with Gasteiger partial charge in [0.05, 0.1) is 11.1 Å². The van der Waals surface area contributed by atoms with Gasteiger partial charge in [-0.3, -0.25) is 14.9 Å². The molecule has 2 rings (SSSR count). The fourth-order valence-corrected chi connectivity index (χ4v) is 1.72. The monoisotopic (exact) mass is 255 g/mol. The zero-order valence-electron chi connectivity index (χ0n) is 9.26. The normalized spacial score (nSPS) is 15.7. The van der Waals surface area contributed by atoms with E-state index in [1.165, 1.54) is 19.1 Å². The van der Waals surface area contributed by atoms with Gasteiger partial charge in [0.25, 0.3) is 11.8 Å². The molecule has 2 amide bonds. The van der Waals surface area contributed by atoms with Crippen LogP contribution < -0.4 is 5.32 Å². The Bertz CT molecular complexity index is 573. The van der Waals surface area contributed by atoms with Crippen molar-refractivity contribution in [2.24, 2.45) is 0 Å². The Morgan fingerprint density at radius 3 is 2.33 bits per heavy atom. The van der Waals surface area contributed by atoms with Gasteiger partial charge >= 0.3 is 6.18 Å². The summed E-state index contributed by atoms with van der Waals surface area (Å²) in [6, 6.07) is 3.53. The number of aryl methyl sites for hydroxylation is 1. The van der Waals surface area contributed by atoms with Gasteiger partial charge in [-0.25, -0.2) is 0 Å². The summed E-state index contributed by atoms with van der Waals surface area (Å²) in [5, 5.41) is 1.99. The lowest BCUT2D eigenvalue weighted by molar-refractivity contribution is -0.138. The number of halogens is 3. The predicted molar refractivity (Wildman–Crippen MR) is 57.3 cm³/mol. The van der Waals surface area contributed by atoms with Crippen molar-refractivity contribution in [3.05, 3.63) is 41.0 Å².